The molecule has 0 spiro atoms. The molecule has 3 N–H and O–H groups in total. The third-order valence-corrected chi connectivity index (χ3v) is 4.30. The van der Waals surface area contributed by atoms with Gasteiger partial charge in [-0.3, -0.25) is 0 Å². The monoisotopic (exact) mass is 340 g/mol. The van der Waals surface area contributed by atoms with Crippen molar-refractivity contribution in [2.45, 2.75) is 52.6 Å². The van der Waals surface area contributed by atoms with Crippen molar-refractivity contribution in [1.29, 1.82) is 0 Å². The molecule has 0 saturated heterocycles. The van der Waals surface area contributed by atoms with Crippen LogP contribution in [0.25, 0.3) is 0 Å². The number of nitrogens with one attached hydrogen (secondary N) is 2. The lowest BCUT2D eigenvalue weighted by molar-refractivity contribution is 0.159. The number of carbonyl (C=O) groups excluding carboxylic acids is 1. The summed E-state index contributed by atoms with van der Waals surface area (Å²) < 4.78 is 0. The van der Waals surface area contributed by atoms with Crippen molar-refractivity contribution in [2.24, 2.45) is 0 Å². The third kappa shape index (κ3) is 5.07. The smallest absolute Gasteiger partial charge is 0.323 e. The van der Waals surface area contributed by atoms with E-state index < -0.39 is 0 Å². The minimum atomic E-state index is -0.324. The molecule has 134 valence electrons. The van der Waals surface area contributed by atoms with E-state index in [9.17, 15) is 9.90 Å². The number of amides is 2. The Hall–Kier alpha value is -2.33. The van der Waals surface area contributed by atoms with Gasteiger partial charge in [0, 0.05) is 17.8 Å². The topological polar surface area (TPSA) is 61.4 Å². The number of aliphatic hydroxyl groups is 1. The molecule has 0 bridgehead atoms. The number of urea groups is 1. The molecule has 1 unspecified atom stereocenters. The van der Waals surface area contributed by atoms with Crippen LogP contribution in [0.2, 0.25) is 0 Å². The van der Waals surface area contributed by atoms with E-state index in [1.807, 2.05) is 50.2 Å². The maximum Gasteiger partial charge on any atom is 0.323 e. The van der Waals surface area contributed by atoms with Crippen molar-refractivity contribution >= 4 is 17.4 Å². The van der Waals surface area contributed by atoms with Gasteiger partial charge in [-0.2, -0.15) is 0 Å². The van der Waals surface area contributed by atoms with Crippen LogP contribution < -0.4 is 10.6 Å². The Morgan fingerprint density at radius 3 is 2.68 bits per heavy atom. The molecular weight excluding hydrogens is 312 g/mol. The number of benzene rings is 2. The van der Waals surface area contributed by atoms with Gasteiger partial charge in [-0.05, 0) is 54.2 Å². The molecule has 2 amide bonds. The molecule has 0 aromatic heterocycles. The van der Waals surface area contributed by atoms with Gasteiger partial charge in [-0.25, -0.2) is 4.79 Å². The Morgan fingerprint density at radius 1 is 1.16 bits per heavy atom. The first-order chi connectivity index (χ1) is 12.2. The fourth-order valence-corrected chi connectivity index (χ4v) is 3.04. The first kappa shape index (κ1) is 19.0. The molecule has 0 fully saturated rings. The summed E-state index contributed by atoms with van der Waals surface area (Å²) in [5.74, 6) is 0. The molecule has 2 aromatic carbocycles. The first-order valence-corrected chi connectivity index (χ1v) is 9.11. The highest BCUT2D eigenvalue weighted by atomic mass is 16.3. The molecule has 4 heteroatoms. The van der Waals surface area contributed by atoms with Gasteiger partial charge in [0.05, 0.1) is 6.10 Å². The summed E-state index contributed by atoms with van der Waals surface area (Å²) in [6.07, 6.45) is 2.84. The first-order valence-electron chi connectivity index (χ1n) is 9.11. The largest absolute Gasteiger partial charge is 0.393 e. The summed E-state index contributed by atoms with van der Waals surface area (Å²) in [5, 5.41) is 15.7. The van der Waals surface area contributed by atoms with Gasteiger partial charge in [0.2, 0.25) is 0 Å². The lowest BCUT2D eigenvalue weighted by Crippen LogP contribution is -2.24. The second-order valence-corrected chi connectivity index (χ2v) is 5.97. The number of hydrogen-bond acceptors (Lipinski definition) is 2. The van der Waals surface area contributed by atoms with Gasteiger partial charge >= 0.3 is 6.03 Å². The van der Waals surface area contributed by atoms with Gasteiger partial charge in [0.15, 0.2) is 0 Å². The van der Waals surface area contributed by atoms with Crippen LogP contribution in [-0.2, 0) is 19.3 Å². The van der Waals surface area contributed by atoms with Crippen molar-refractivity contribution < 1.29 is 9.90 Å². The van der Waals surface area contributed by atoms with Crippen LogP contribution in [0, 0.1) is 0 Å². The van der Waals surface area contributed by atoms with Crippen molar-refractivity contribution in [3.63, 3.8) is 0 Å². The standard InChI is InChI=1S/C19H22N2O2.C2H6/c1-2-13-5-3-7-15(11-13)20-19(23)21-18-8-4-6-14-9-10-16(22)12-17(14)18;1-2/h3-8,11,16,22H,2,9-10,12H2,1H3,(H2,20,21,23);1-2H3. The molecule has 3 rings (SSSR count). The molecule has 1 atom stereocenters. The highest BCUT2D eigenvalue weighted by Crippen LogP contribution is 2.28. The Labute approximate surface area is 150 Å². The fraction of sp³-hybridized carbons (Fsp3) is 0.381. The zero-order valence-electron chi connectivity index (χ0n) is 15.3. The van der Waals surface area contributed by atoms with E-state index >= 15 is 0 Å². The van der Waals surface area contributed by atoms with Crippen molar-refractivity contribution in [1.82, 2.24) is 0 Å². The summed E-state index contributed by atoms with van der Waals surface area (Å²) in [5.41, 5.74) is 5.00. The van der Waals surface area contributed by atoms with Crippen LogP contribution in [0.1, 0.15) is 43.9 Å². The molecule has 4 nitrogen and oxygen atoms in total. The highest BCUT2D eigenvalue weighted by Gasteiger charge is 2.19. The predicted octanol–water partition coefficient (Wildman–Crippen LogP) is 4.77. The maximum atomic E-state index is 12.3. The Balaban J connectivity index is 0.00000109. The SMILES string of the molecule is CC.CCc1cccc(NC(=O)Nc2cccc3c2CC(O)CC3)c1. The van der Waals surface area contributed by atoms with E-state index in [2.05, 4.69) is 23.6 Å². The van der Waals surface area contributed by atoms with Crippen LogP contribution in [-0.4, -0.2) is 17.2 Å². The summed E-state index contributed by atoms with van der Waals surface area (Å²) in [4.78, 5) is 12.3. The minimum Gasteiger partial charge on any atom is -0.393 e. The molecule has 0 aliphatic heterocycles. The lowest BCUT2D eigenvalue weighted by Gasteiger charge is -2.23. The van der Waals surface area contributed by atoms with E-state index in [0.717, 1.165) is 36.2 Å². The van der Waals surface area contributed by atoms with Crippen molar-refractivity contribution in [2.75, 3.05) is 10.6 Å². The predicted molar refractivity (Wildman–Crippen MR) is 104 cm³/mol. The number of carbonyl (C=O) groups is 1. The number of anilines is 2. The molecule has 1 aliphatic carbocycles. The van der Waals surface area contributed by atoms with Crippen LogP contribution >= 0.6 is 0 Å². The Morgan fingerprint density at radius 2 is 1.92 bits per heavy atom. The molecule has 0 radical (unpaired) electrons. The molecular formula is C21H28N2O2. The second kappa shape index (κ2) is 9.23. The molecule has 0 heterocycles. The minimum absolute atomic E-state index is 0.258. The van der Waals surface area contributed by atoms with Gasteiger partial charge in [-0.1, -0.05) is 45.0 Å². The highest BCUT2D eigenvalue weighted by molar-refractivity contribution is 6.00. The van der Waals surface area contributed by atoms with E-state index in [4.69, 9.17) is 0 Å². The summed E-state index contributed by atoms with van der Waals surface area (Å²) in [7, 11) is 0. The number of rotatable bonds is 3. The lowest BCUT2D eigenvalue weighted by atomic mass is 9.88. The second-order valence-electron chi connectivity index (χ2n) is 5.97. The van der Waals surface area contributed by atoms with E-state index in [1.165, 1.54) is 11.1 Å². The van der Waals surface area contributed by atoms with E-state index in [1.54, 1.807) is 0 Å². The summed E-state index contributed by atoms with van der Waals surface area (Å²) >= 11 is 0. The number of aryl methyl sites for hydroxylation is 2. The number of fused-ring (bicyclic) bond motifs is 1. The average molecular weight is 340 g/mol. The maximum absolute atomic E-state index is 12.3. The molecule has 2 aromatic rings. The fourth-order valence-electron chi connectivity index (χ4n) is 3.04. The zero-order chi connectivity index (χ0) is 18.2. The van der Waals surface area contributed by atoms with E-state index in [-0.39, 0.29) is 12.1 Å². The normalized spacial score (nSPS) is 15.4. The van der Waals surface area contributed by atoms with Crippen molar-refractivity contribution in [3.05, 3.63) is 59.2 Å². The van der Waals surface area contributed by atoms with Gasteiger partial charge in [0.25, 0.3) is 0 Å². The zero-order valence-corrected chi connectivity index (χ0v) is 15.3. The van der Waals surface area contributed by atoms with Gasteiger partial charge < -0.3 is 15.7 Å². The molecule has 25 heavy (non-hydrogen) atoms. The number of hydrogen-bond donors (Lipinski definition) is 3. The average Bonchev–Trinajstić information content (AvgIpc) is 2.64. The summed E-state index contributed by atoms with van der Waals surface area (Å²) in [6, 6.07) is 13.5. The van der Waals surface area contributed by atoms with Crippen LogP contribution in [0.15, 0.2) is 42.5 Å². The Kier molecular flexibility index (Phi) is 7.02. The summed E-state index contributed by atoms with van der Waals surface area (Å²) in [6.45, 7) is 6.08. The quantitative estimate of drug-likeness (QED) is 0.754. The van der Waals surface area contributed by atoms with Gasteiger partial charge in [0.1, 0.15) is 0 Å². The van der Waals surface area contributed by atoms with Crippen LogP contribution in [0.3, 0.4) is 0 Å². The molecule has 1 aliphatic rings. The third-order valence-electron chi connectivity index (χ3n) is 4.30. The van der Waals surface area contributed by atoms with Crippen molar-refractivity contribution in [3.8, 4) is 0 Å². The molecule has 0 saturated carbocycles. The Bertz CT molecular complexity index is 713. The van der Waals surface area contributed by atoms with Crippen LogP contribution in [0.4, 0.5) is 16.2 Å². The van der Waals surface area contributed by atoms with Gasteiger partial charge in [-0.15, -0.1) is 0 Å². The van der Waals surface area contributed by atoms with Crippen LogP contribution in [0.5, 0.6) is 0 Å². The number of aliphatic hydroxyl groups excluding tert-OH is 1. The van der Waals surface area contributed by atoms with E-state index in [0.29, 0.717) is 6.42 Å².